The zero-order valence-electron chi connectivity index (χ0n) is 10.7. The van der Waals surface area contributed by atoms with Crippen LogP contribution in [0.4, 0.5) is 0 Å². The van der Waals surface area contributed by atoms with Crippen molar-refractivity contribution in [1.82, 2.24) is 14.8 Å². The fraction of sp³-hybridized carbons (Fsp3) is 0.214. The lowest BCUT2D eigenvalue weighted by molar-refractivity contribution is 0.0578. The van der Waals surface area contributed by atoms with Crippen LogP contribution in [0.3, 0.4) is 0 Å². The second kappa shape index (κ2) is 5.16. The van der Waals surface area contributed by atoms with Gasteiger partial charge in [0.2, 0.25) is 0 Å². The number of hydrogen-bond donors (Lipinski definition) is 0. The second-order valence-corrected chi connectivity index (χ2v) is 4.40. The summed E-state index contributed by atoms with van der Waals surface area (Å²) in [5.74, 6) is -0.464. The van der Waals surface area contributed by atoms with E-state index in [1.807, 2.05) is 0 Å². The molecule has 0 saturated heterocycles. The van der Waals surface area contributed by atoms with Crippen molar-refractivity contribution in [1.29, 1.82) is 0 Å². The number of nitrogens with zero attached hydrogens (tertiary/aromatic N) is 3. The molecule has 0 radical (unpaired) electrons. The van der Waals surface area contributed by atoms with E-state index < -0.39 is 0 Å². The van der Waals surface area contributed by atoms with E-state index in [1.54, 1.807) is 42.7 Å². The summed E-state index contributed by atoms with van der Waals surface area (Å²) in [4.78, 5) is 32.1. The minimum absolute atomic E-state index is 0.232. The molecule has 0 atom stereocenters. The Balaban J connectivity index is 1.57. The van der Waals surface area contributed by atoms with E-state index in [0.29, 0.717) is 30.7 Å². The van der Waals surface area contributed by atoms with E-state index >= 15 is 0 Å². The van der Waals surface area contributed by atoms with Crippen molar-refractivity contribution < 1.29 is 14.4 Å². The standard InChI is InChI=1S/C14H13N3O3/c18-13-11-5-1-2-6-12(11)14(19)16(13)8-4-10-20-17-9-3-7-15-17/h1-3,5-7,9H,4,8,10H2. The Hall–Kier alpha value is -2.63. The van der Waals surface area contributed by atoms with Crippen molar-refractivity contribution in [2.45, 2.75) is 6.42 Å². The average molecular weight is 271 g/mol. The molecule has 0 unspecified atom stereocenters. The molecular weight excluding hydrogens is 258 g/mol. The molecule has 1 aliphatic heterocycles. The van der Waals surface area contributed by atoms with Gasteiger partial charge in [0.25, 0.3) is 11.8 Å². The van der Waals surface area contributed by atoms with E-state index in [4.69, 9.17) is 4.84 Å². The van der Waals surface area contributed by atoms with Gasteiger partial charge in [-0.1, -0.05) is 12.1 Å². The maximum Gasteiger partial charge on any atom is 0.261 e. The molecule has 102 valence electrons. The maximum atomic E-state index is 12.1. The zero-order chi connectivity index (χ0) is 13.9. The van der Waals surface area contributed by atoms with Gasteiger partial charge in [-0.3, -0.25) is 14.5 Å². The van der Waals surface area contributed by atoms with Crippen LogP contribution >= 0.6 is 0 Å². The second-order valence-electron chi connectivity index (χ2n) is 4.40. The third-order valence-electron chi connectivity index (χ3n) is 3.11. The molecule has 0 saturated carbocycles. The highest BCUT2D eigenvalue weighted by Gasteiger charge is 2.34. The number of benzene rings is 1. The summed E-state index contributed by atoms with van der Waals surface area (Å²) < 4.78 is 0. The van der Waals surface area contributed by atoms with Crippen molar-refractivity contribution >= 4 is 11.8 Å². The molecule has 1 aromatic heterocycles. The molecular formula is C14H13N3O3. The van der Waals surface area contributed by atoms with Gasteiger partial charge in [0, 0.05) is 13.0 Å². The molecule has 0 N–H and O–H groups in total. The molecule has 1 aliphatic rings. The first-order valence-corrected chi connectivity index (χ1v) is 6.35. The summed E-state index contributed by atoms with van der Waals surface area (Å²) in [7, 11) is 0. The van der Waals surface area contributed by atoms with Crippen LogP contribution in [0.2, 0.25) is 0 Å². The SMILES string of the molecule is O=C1c2ccccc2C(=O)N1CCCOn1cccn1. The third kappa shape index (κ3) is 2.16. The molecule has 0 aliphatic carbocycles. The zero-order valence-corrected chi connectivity index (χ0v) is 10.7. The number of carbonyl (C=O) groups is 2. The minimum atomic E-state index is -0.232. The van der Waals surface area contributed by atoms with Crippen LogP contribution < -0.4 is 4.84 Å². The normalized spacial score (nSPS) is 13.7. The summed E-state index contributed by atoms with van der Waals surface area (Å²) in [6, 6.07) is 8.62. The third-order valence-corrected chi connectivity index (χ3v) is 3.11. The Labute approximate surface area is 115 Å². The van der Waals surface area contributed by atoms with Gasteiger partial charge >= 0.3 is 0 Å². The highest BCUT2D eigenvalue weighted by molar-refractivity contribution is 6.21. The molecule has 6 nitrogen and oxygen atoms in total. The predicted molar refractivity (Wildman–Crippen MR) is 70.1 cm³/mol. The van der Waals surface area contributed by atoms with E-state index in [-0.39, 0.29) is 11.8 Å². The quantitative estimate of drug-likeness (QED) is 0.601. The minimum Gasteiger partial charge on any atom is -0.397 e. The van der Waals surface area contributed by atoms with Crippen LogP contribution in [0.5, 0.6) is 0 Å². The summed E-state index contributed by atoms with van der Waals surface area (Å²) in [5.41, 5.74) is 0.955. The van der Waals surface area contributed by atoms with Gasteiger partial charge < -0.3 is 4.84 Å². The number of hydrogen-bond acceptors (Lipinski definition) is 4. The molecule has 3 rings (SSSR count). The molecule has 2 amide bonds. The van der Waals surface area contributed by atoms with Crippen LogP contribution in [0, 0.1) is 0 Å². The number of rotatable bonds is 5. The fourth-order valence-corrected chi connectivity index (χ4v) is 2.15. The Morgan fingerprint density at radius 2 is 1.75 bits per heavy atom. The number of fused-ring (bicyclic) bond motifs is 1. The van der Waals surface area contributed by atoms with Gasteiger partial charge in [0.15, 0.2) is 0 Å². The largest absolute Gasteiger partial charge is 0.397 e. The molecule has 2 heterocycles. The highest BCUT2D eigenvalue weighted by Crippen LogP contribution is 2.22. The Bertz CT molecular complexity index is 602. The maximum absolute atomic E-state index is 12.1. The molecule has 0 fully saturated rings. The lowest BCUT2D eigenvalue weighted by Crippen LogP contribution is -2.32. The fourth-order valence-electron chi connectivity index (χ4n) is 2.15. The Kier molecular flexibility index (Phi) is 3.20. The van der Waals surface area contributed by atoms with Gasteiger partial charge in [0.05, 0.1) is 23.5 Å². The van der Waals surface area contributed by atoms with Crippen molar-refractivity contribution in [3.63, 3.8) is 0 Å². The average Bonchev–Trinajstić information content (AvgIpc) is 3.06. The number of carbonyl (C=O) groups excluding carboxylic acids is 2. The molecule has 20 heavy (non-hydrogen) atoms. The topological polar surface area (TPSA) is 64.4 Å². The molecule has 0 spiro atoms. The lowest BCUT2D eigenvalue weighted by Gasteiger charge is -2.13. The smallest absolute Gasteiger partial charge is 0.261 e. The van der Waals surface area contributed by atoms with Gasteiger partial charge in [0.1, 0.15) is 6.61 Å². The van der Waals surface area contributed by atoms with Crippen molar-refractivity contribution in [2.75, 3.05) is 13.2 Å². The summed E-state index contributed by atoms with van der Waals surface area (Å²) in [5, 5.41) is 3.89. The van der Waals surface area contributed by atoms with Gasteiger partial charge in [-0.2, -0.15) is 0 Å². The molecule has 2 aromatic rings. The number of aromatic nitrogens is 2. The van der Waals surface area contributed by atoms with Crippen molar-refractivity contribution in [2.24, 2.45) is 0 Å². The number of imide groups is 1. The molecule has 1 aromatic carbocycles. The van der Waals surface area contributed by atoms with E-state index in [0.717, 1.165) is 0 Å². The highest BCUT2D eigenvalue weighted by atomic mass is 16.7. The first-order valence-electron chi connectivity index (χ1n) is 6.35. The van der Waals surface area contributed by atoms with Crippen LogP contribution in [0.15, 0.2) is 42.7 Å². The predicted octanol–water partition coefficient (Wildman–Crippen LogP) is 0.998. The van der Waals surface area contributed by atoms with Crippen LogP contribution in [-0.2, 0) is 0 Å². The van der Waals surface area contributed by atoms with Crippen molar-refractivity contribution in [3.8, 4) is 0 Å². The van der Waals surface area contributed by atoms with E-state index in [9.17, 15) is 9.59 Å². The Morgan fingerprint density at radius 1 is 1.05 bits per heavy atom. The van der Waals surface area contributed by atoms with Crippen molar-refractivity contribution in [3.05, 3.63) is 53.9 Å². The Morgan fingerprint density at radius 3 is 2.35 bits per heavy atom. The van der Waals surface area contributed by atoms with Crippen LogP contribution in [0.25, 0.3) is 0 Å². The lowest BCUT2D eigenvalue weighted by atomic mass is 10.1. The summed E-state index contributed by atoms with van der Waals surface area (Å²) in [6.07, 6.45) is 3.86. The van der Waals surface area contributed by atoms with E-state index in [2.05, 4.69) is 5.10 Å². The van der Waals surface area contributed by atoms with E-state index in [1.165, 1.54) is 9.75 Å². The first kappa shape index (κ1) is 12.4. The van der Waals surface area contributed by atoms with Crippen LogP contribution in [-0.4, -0.2) is 39.8 Å². The summed E-state index contributed by atoms with van der Waals surface area (Å²) in [6.45, 7) is 0.725. The summed E-state index contributed by atoms with van der Waals surface area (Å²) >= 11 is 0. The van der Waals surface area contributed by atoms with Gasteiger partial charge in [-0.25, -0.2) is 0 Å². The monoisotopic (exact) mass is 271 g/mol. The van der Waals surface area contributed by atoms with Gasteiger partial charge in [-0.05, 0) is 18.2 Å². The van der Waals surface area contributed by atoms with Gasteiger partial charge in [-0.15, -0.1) is 9.94 Å². The van der Waals surface area contributed by atoms with Crippen LogP contribution in [0.1, 0.15) is 27.1 Å². The molecule has 6 heteroatoms. The number of amides is 2. The first-order chi connectivity index (χ1) is 9.77. The molecule has 0 bridgehead atoms.